The SMILES string of the molecule is C=Nc1ccc(C#Cc2ccc(C#Cc3ccc(C4CC4CCCCC)cc3)cc2C)cc1. The van der Waals surface area contributed by atoms with E-state index in [4.69, 9.17) is 0 Å². The highest BCUT2D eigenvalue weighted by molar-refractivity contribution is 5.53. The van der Waals surface area contributed by atoms with Crippen molar-refractivity contribution in [2.75, 3.05) is 0 Å². The summed E-state index contributed by atoms with van der Waals surface area (Å²) >= 11 is 0. The molecule has 0 heterocycles. The summed E-state index contributed by atoms with van der Waals surface area (Å²) in [5.41, 5.74) is 7.55. The molecule has 3 aromatic rings. The Morgan fingerprint density at radius 2 is 1.45 bits per heavy atom. The second kappa shape index (κ2) is 10.8. The van der Waals surface area contributed by atoms with E-state index in [0.29, 0.717) is 0 Å². The second-order valence-electron chi connectivity index (χ2n) is 8.95. The molecule has 2 unspecified atom stereocenters. The largest absolute Gasteiger partial charge is 0.265 e. The lowest BCUT2D eigenvalue weighted by Crippen LogP contribution is -1.86. The summed E-state index contributed by atoms with van der Waals surface area (Å²) in [6, 6.07) is 22.9. The minimum atomic E-state index is 0.775. The lowest BCUT2D eigenvalue weighted by Gasteiger charge is -2.01. The van der Waals surface area contributed by atoms with Gasteiger partial charge in [0, 0.05) is 22.3 Å². The topological polar surface area (TPSA) is 12.4 Å². The van der Waals surface area contributed by atoms with Gasteiger partial charge in [0.2, 0.25) is 0 Å². The molecule has 4 rings (SSSR count). The quantitative estimate of drug-likeness (QED) is 0.215. The van der Waals surface area contributed by atoms with Gasteiger partial charge in [0.25, 0.3) is 0 Å². The van der Waals surface area contributed by atoms with E-state index in [9.17, 15) is 0 Å². The van der Waals surface area contributed by atoms with Crippen LogP contribution in [-0.4, -0.2) is 6.72 Å². The summed E-state index contributed by atoms with van der Waals surface area (Å²) in [6.07, 6.45) is 6.81. The first-order chi connectivity index (χ1) is 16.2. The number of benzene rings is 3. The molecule has 0 amide bonds. The van der Waals surface area contributed by atoms with Gasteiger partial charge in [0.1, 0.15) is 0 Å². The van der Waals surface area contributed by atoms with Crippen molar-refractivity contribution in [2.24, 2.45) is 10.9 Å². The van der Waals surface area contributed by atoms with Gasteiger partial charge in [-0.1, -0.05) is 62.0 Å². The molecular weight excluding hydrogens is 398 g/mol. The third-order valence-corrected chi connectivity index (χ3v) is 6.41. The Balaban J connectivity index is 1.37. The molecule has 0 N–H and O–H groups in total. The van der Waals surface area contributed by atoms with Gasteiger partial charge in [-0.25, -0.2) is 0 Å². The molecule has 1 fully saturated rings. The van der Waals surface area contributed by atoms with Crippen molar-refractivity contribution in [3.63, 3.8) is 0 Å². The van der Waals surface area contributed by atoms with E-state index in [1.54, 1.807) is 0 Å². The molecule has 1 aliphatic carbocycles. The first kappa shape index (κ1) is 22.6. The van der Waals surface area contributed by atoms with Crippen molar-refractivity contribution < 1.29 is 0 Å². The van der Waals surface area contributed by atoms with Crippen LogP contribution in [0, 0.1) is 36.5 Å². The lowest BCUT2D eigenvalue weighted by molar-refractivity contribution is 0.610. The normalized spacial score (nSPS) is 16.2. The van der Waals surface area contributed by atoms with Crippen molar-refractivity contribution in [3.05, 3.63) is 100 Å². The maximum absolute atomic E-state index is 3.91. The molecule has 1 aliphatic rings. The van der Waals surface area contributed by atoms with Gasteiger partial charge in [-0.3, -0.25) is 4.99 Å². The minimum Gasteiger partial charge on any atom is -0.265 e. The first-order valence-corrected chi connectivity index (χ1v) is 12.0. The van der Waals surface area contributed by atoms with Crippen molar-refractivity contribution >= 4 is 12.4 Å². The summed E-state index contributed by atoms with van der Waals surface area (Å²) in [5, 5.41) is 0. The van der Waals surface area contributed by atoms with Gasteiger partial charge in [0.15, 0.2) is 0 Å². The minimum absolute atomic E-state index is 0.775. The average molecular weight is 430 g/mol. The highest BCUT2D eigenvalue weighted by atomic mass is 14.7. The summed E-state index contributed by atoms with van der Waals surface area (Å²) in [7, 11) is 0. The van der Waals surface area contributed by atoms with E-state index in [0.717, 1.165) is 45.3 Å². The summed E-state index contributed by atoms with van der Waals surface area (Å²) in [4.78, 5) is 3.91. The van der Waals surface area contributed by atoms with Crippen molar-refractivity contribution in [1.29, 1.82) is 0 Å². The zero-order valence-corrected chi connectivity index (χ0v) is 19.7. The highest BCUT2D eigenvalue weighted by Crippen LogP contribution is 2.50. The number of rotatable bonds is 6. The molecule has 33 heavy (non-hydrogen) atoms. The molecule has 1 heteroatoms. The Morgan fingerprint density at radius 1 is 0.818 bits per heavy atom. The van der Waals surface area contributed by atoms with E-state index < -0.39 is 0 Å². The van der Waals surface area contributed by atoms with Crippen LogP contribution in [0.4, 0.5) is 5.69 Å². The first-order valence-electron chi connectivity index (χ1n) is 12.0. The molecule has 2 atom stereocenters. The molecule has 0 bridgehead atoms. The fourth-order valence-electron chi connectivity index (χ4n) is 4.26. The third kappa shape index (κ3) is 6.25. The van der Waals surface area contributed by atoms with E-state index in [-0.39, 0.29) is 0 Å². The predicted octanol–water partition coefficient (Wildman–Crippen LogP) is 7.81. The van der Waals surface area contributed by atoms with E-state index in [2.05, 4.69) is 85.6 Å². The molecule has 0 radical (unpaired) electrons. The predicted molar refractivity (Wildman–Crippen MR) is 140 cm³/mol. The summed E-state index contributed by atoms with van der Waals surface area (Å²) in [6.45, 7) is 7.90. The summed E-state index contributed by atoms with van der Waals surface area (Å²) in [5.74, 6) is 14.8. The van der Waals surface area contributed by atoms with E-state index in [1.165, 1.54) is 37.7 Å². The van der Waals surface area contributed by atoms with Crippen molar-refractivity contribution in [1.82, 2.24) is 0 Å². The molecule has 0 aliphatic heterocycles. The van der Waals surface area contributed by atoms with Crippen LogP contribution >= 0.6 is 0 Å². The van der Waals surface area contributed by atoms with Crippen molar-refractivity contribution in [2.45, 2.75) is 51.9 Å². The molecule has 164 valence electrons. The molecule has 3 aromatic carbocycles. The van der Waals surface area contributed by atoms with E-state index >= 15 is 0 Å². The second-order valence-corrected chi connectivity index (χ2v) is 8.95. The fourth-order valence-corrected chi connectivity index (χ4v) is 4.26. The van der Waals surface area contributed by atoms with Crippen LogP contribution in [0.3, 0.4) is 0 Å². The van der Waals surface area contributed by atoms with Crippen LogP contribution in [0.15, 0.2) is 71.7 Å². The van der Waals surface area contributed by atoms with Gasteiger partial charge >= 0.3 is 0 Å². The zero-order valence-electron chi connectivity index (χ0n) is 19.7. The molecule has 1 saturated carbocycles. The highest BCUT2D eigenvalue weighted by Gasteiger charge is 2.37. The standard InChI is InChI=1S/C32H31N/c1-4-5-6-7-30-23-32(30)29-18-11-25(12-19-29)8-9-27-13-17-28(24(2)22-27)16-10-26-14-20-31(33-3)21-15-26/h11-15,17-22,30,32H,3-7,23H2,1-2H3. The molecular formula is C32H31N. The lowest BCUT2D eigenvalue weighted by atomic mass is 10.0. The van der Waals surface area contributed by atoms with Gasteiger partial charge in [0.05, 0.1) is 5.69 Å². The Kier molecular flexibility index (Phi) is 7.44. The number of aliphatic imine (C=N–C) groups is 1. The van der Waals surface area contributed by atoms with Gasteiger partial charge in [-0.15, -0.1) is 0 Å². The maximum atomic E-state index is 3.91. The average Bonchev–Trinajstić information content (AvgIpc) is 3.62. The maximum Gasteiger partial charge on any atom is 0.0623 e. The van der Waals surface area contributed by atoms with Crippen molar-refractivity contribution in [3.8, 4) is 23.7 Å². The zero-order chi connectivity index (χ0) is 23.0. The van der Waals surface area contributed by atoms with Crippen LogP contribution in [0.25, 0.3) is 0 Å². The third-order valence-electron chi connectivity index (χ3n) is 6.41. The Hall–Kier alpha value is -3.55. The number of unbranched alkanes of at least 4 members (excludes halogenated alkanes) is 2. The smallest absolute Gasteiger partial charge is 0.0623 e. The summed E-state index contributed by atoms with van der Waals surface area (Å²) < 4.78 is 0. The molecule has 0 spiro atoms. The number of hydrogen-bond acceptors (Lipinski definition) is 1. The van der Waals surface area contributed by atoms with Crippen LogP contribution in [0.2, 0.25) is 0 Å². The molecule has 0 saturated heterocycles. The Bertz CT molecular complexity index is 1220. The van der Waals surface area contributed by atoms with Crippen LogP contribution in [0.1, 0.15) is 78.3 Å². The Labute approximate surface area is 199 Å². The van der Waals surface area contributed by atoms with Gasteiger partial charge in [-0.2, -0.15) is 0 Å². The number of aryl methyl sites for hydroxylation is 1. The monoisotopic (exact) mass is 429 g/mol. The van der Waals surface area contributed by atoms with Gasteiger partial charge in [-0.05, 0) is 104 Å². The van der Waals surface area contributed by atoms with E-state index in [1.807, 2.05) is 30.3 Å². The van der Waals surface area contributed by atoms with Crippen LogP contribution < -0.4 is 0 Å². The number of nitrogens with zero attached hydrogens (tertiary/aromatic N) is 1. The van der Waals surface area contributed by atoms with Crippen LogP contribution in [0.5, 0.6) is 0 Å². The molecule has 1 nitrogen and oxygen atoms in total. The van der Waals surface area contributed by atoms with Crippen LogP contribution in [-0.2, 0) is 0 Å². The number of hydrogen-bond donors (Lipinski definition) is 0. The Morgan fingerprint density at radius 3 is 2.12 bits per heavy atom. The van der Waals surface area contributed by atoms with Gasteiger partial charge < -0.3 is 0 Å². The molecule has 0 aromatic heterocycles. The fraction of sp³-hybridized carbons (Fsp3) is 0.281.